The molecule has 0 bridgehead atoms. The number of rotatable bonds is 1. The maximum Gasteiger partial charge on any atom is 0.125 e. The standard InChI is InChI=1S/C6H3BrFNO/c7-5-2-1-4(8)3-6(5)9-10/h1-3H. The summed E-state index contributed by atoms with van der Waals surface area (Å²) in [5.74, 6) is -0.460. The average molecular weight is 204 g/mol. The van der Waals surface area contributed by atoms with Gasteiger partial charge in [-0.05, 0) is 33.2 Å². The summed E-state index contributed by atoms with van der Waals surface area (Å²) in [4.78, 5) is 9.93. The third-order valence-corrected chi connectivity index (χ3v) is 1.68. The van der Waals surface area contributed by atoms with Gasteiger partial charge in [-0.3, -0.25) is 0 Å². The molecule has 0 N–H and O–H groups in total. The van der Waals surface area contributed by atoms with E-state index in [1.807, 2.05) is 0 Å². The lowest BCUT2D eigenvalue weighted by Gasteiger charge is -1.91. The van der Waals surface area contributed by atoms with Gasteiger partial charge in [-0.25, -0.2) is 4.39 Å². The molecule has 1 rings (SSSR count). The van der Waals surface area contributed by atoms with Crippen LogP contribution in [0.3, 0.4) is 0 Å². The van der Waals surface area contributed by atoms with E-state index in [2.05, 4.69) is 21.1 Å². The van der Waals surface area contributed by atoms with E-state index in [1.165, 1.54) is 12.1 Å². The Bertz CT molecular complexity index is 264. The maximum absolute atomic E-state index is 12.3. The molecule has 0 aliphatic rings. The van der Waals surface area contributed by atoms with Gasteiger partial charge in [0.05, 0.1) is 0 Å². The molecule has 0 radical (unpaired) electrons. The van der Waals surface area contributed by atoms with Crippen molar-refractivity contribution in [1.29, 1.82) is 0 Å². The lowest BCUT2D eigenvalue weighted by molar-refractivity contribution is 0.628. The zero-order valence-electron chi connectivity index (χ0n) is 4.84. The van der Waals surface area contributed by atoms with Gasteiger partial charge in [0.25, 0.3) is 0 Å². The zero-order chi connectivity index (χ0) is 7.56. The van der Waals surface area contributed by atoms with Gasteiger partial charge in [0.1, 0.15) is 11.5 Å². The summed E-state index contributed by atoms with van der Waals surface area (Å²) in [6.45, 7) is 0. The number of benzene rings is 1. The fourth-order valence-electron chi connectivity index (χ4n) is 0.556. The minimum Gasteiger partial charge on any atom is -0.207 e. The van der Waals surface area contributed by atoms with E-state index in [-0.39, 0.29) is 5.69 Å². The van der Waals surface area contributed by atoms with Crippen molar-refractivity contribution in [3.63, 3.8) is 0 Å². The molecule has 0 saturated carbocycles. The van der Waals surface area contributed by atoms with Gasteiger partial charge in [-0.2, -0.15) is 0 Å². The molecule has 0 heterocycles. The van der Waals surface area contributed by atoms with Gasteiger partial charge in [0.15, 0.2) is 0 Å². The molecule has 0 saturated heterocycles. The van der Waals surface area contributed by atoms with Crippen molar-refractivity contribution in [2.24, 2.45) is 5.18 Å². The number of halogens is 2. The summed E-state index contributed by atoms with van der Waals surface area (Å²) in [5, 5.41) is 2.59. The highest BCUT2D eigenvalue weighted by Gasteiger charge is 1.99. The third-order valence-electron chi connectivity index (χ3n) is 1.01. The molecular weight excluding hydrogens is 201 g/mol. The van der Waals surface area contributed by atoms with Crippen LogP contribution in [0, 0.1) is 10.7 Å². The Morgan fingerprint density at radius 2 is 2.20 bits per heavy atom. The molecule has 1 aromatic rings. The average Bonchev–Trinajstić information content (AvgIpc) is 1.94. The Morgan fingerprint density at radius 1 is 1.50 bits per heavy atom. The van der Waals surface area contributed by atoms with E-state index < -0.39 is 5.82 Å². The molecule has 4 heteroatoms. The summed E-state index contributed by atoms with van der Waals surface area (Å²) in [6, 6.07) is 3.75. The second-order valence-electron chi connectivity index (χ2n) is 1.69. The summed E-state index contributed by atoms with van der Waals surface area (Å²) in [7, 11) is 0. The first-order valence-corrected chi connectivity index (χ1v) is 3.32. The van der Waals surface area contributed by atoms with Crippen LogP contribution in [0.1, 0.15) is 0 Å². The monoisotopic (exact) mass is 203 g/mol. The van der Waals surface area contributed by atoms with E-state index in [9.17, 15) is 9.30 Å². The second kappa shape index (κ2) is 2.88. The predicted molar refractivity (Wildman–Crippen MR) is 39.6 cm³/mol. The number of hydrogen-bond acceptors (Lipinski definition) is 2. The lowest BCUT2D eigenvalue weighted by Crippen LogP contribution is -1.72. The van der Waals surface area contributed by atoms with Crippen LogP contribution in [0.15, 0.2) is 27.8 Å². The predicted octanol–water partition coefficient (Wildman–Crippen LogP) is 2.99. The minimum atomic E-state index is -0.460. The van der Waals surface area contributed by atoms with Gasteiger partial charge in [0, 0.05) is 10.5 Å². The van der Waals surface area contributed by atoms with E-state index >= 15 is 0 Å². The van der Waals surface area contributed by atoms with Crippen molar-refractivity contribution < 1.29 is 4.39 Å². The Morgan fingerprint density at radius 3 is 2.70 bits per heavy atom. The Balaban J connectivity index is 3.21. The van der Waals surface area contributed by atoms with Crippen molar-refractivity contribution in [3.05, 3.63) is 33.4 Å². The number of hydrogen-bond donors (Lipinski definition) is 0. The topological polar surface area (TPSA) is 29.4 Å². The van der Waals surface area contributed by atoms with Gasteiger partial charge in [-0.15, -0.1) is 4.91 Å². The Kier molecular flexibility index (Phi) is 2.11. The van der Waals surface area contributed by atoms with Crippen LogP contribution in [0.25, 0.3) is 0 Å². The summed E-state index contributed by atoms with van der Waals surface area (Å²) < 4.78 is 12.8. The van der Waals surface area contributed by atoms with Crippen LogP contribution in [0.4, 0.5) is 10.1 Å². The maximum atomic E-state index is 12.3. The fourth-order valence-corrected chi connectivity index (χ4v) is 0.875. The van der Waals surface area contributed by atoms with E-state index in [4.69, 9.17) is 0 Å². The normalized spacial score (nSPS) is 9.40. The molecule has 0 aromatic heterocycles. The Labute approximate surface area is 65.2 Å². The number of nitroso groups, excluding NO2 is 1. The Hall–Kier alpha value is -0.770. The first kappa shape index (κ1) is 7.34. The molecular formula is C6H3BrFNO. The highest BCUT2D eigenvalue weighted by Crippen LogP contribution is 2.25. The summed E-state index contributed by atoms with van der Waals surface area (Å²) in [5.41, 5.74) is 0.0833. The van der Waals surface area contributed by atoms with Crippen LogP contribution < -0.4 is 0 Å². The molecule has 0 aliphatic carbocycles. The molecule has 0 fully saturated rings. The smallest absolute Gasteiger partial charge is 0.125 e. The molecule has 0 unspecified atom stereocenters. The molecule has 1 aromatic carbocycles. The highest BCUT2D eigenvalue weighted by atomic mass is 79.9. The van der Waals surface area contributed by atoms with Gasteiger partial charge >= 0.3 is 0 Å². The van der Waals surface area contributed by atoms with Gasteiger partial charge in [0.2, 0.25) is 0 Å². The molecule has 2 nitrogen and oxygen atoms in total. The quantitative estimate of drug-likeness (QED) is 0.646. The molecule has 0 amide bonds. The summed E-state index contributed by atoms with van der Waals surface area (Å²) in [6.07, 6.45) is 0. The number of nitrogens with zero attached hydrogens (tertiary/aromatic N) is 1. The molecule has 0 atom stereocenters. The van der Waals surface area contributed by atoms with Crippen molar-refractivity contribution in [2.75, 3.05) is 0 Å². The van der Waals surface area contributed by atoms with Crippen molar-refractivity contribution >= 4 is 21.6 Å². The second-order valence-corrected chi connectivity index (χ2v) is 2.54. The van der Waals surface area contributed by atoms with Crippen LogP contribution in [-0.4, -0.2) is 0 Å². The van der Waals surface area contributed by atoms with Gasteiger partial charge < -0.3 is 0 Å². The fraction of sp³-hybridized carbons (Fsp3) is 0. The van der Waals surface area contributed by atoms with Gasteiger partial charge in [-0.1, -0.05) is 0 Å². The van der Waals surface area contributed by atoms with Crippen molar-refractivity contribution in [1.82, 2.24) is 0 Å². The van der Waals surface area contributed by atoms with Crippen molar-refractivity contribution in [3.8, 4) is 0 Å². The SMILES string of the molecule is O=Nc1cc(F)ccc1Br. The van der Waals surface area contributed by atoms with E-state index in [0.29, 0.717) is 4.47 Å². The molecule has 52 valence electrons. The highest BCUT2D eigenvalue weighted by molar-refractivity contribution is 9.10. The van der Waals surface area contributed by atoms with Crippen LogP contribution >= 0.6 is 15.9 Å². The molecule has 0 spiro atoms. The minimum absolute atomic E-state index is 0.0833. The third kappa shape index (κ3) is 1.39. The zero-order valence-corrected chi connectivity index (χ0v) is 6.43. The molecule has 10 heavy (non-hydrogen) atoms. The lowest BCUT2D eigenvalue weighted by atomic mass is 10.3. The van der Waals surface area contributed by atoms with E-state index in [0.717, 1.165) is 6.07 Å². The van der Waals surface area contributed by atoms with Crippen LogP contribution in [0.5, 0.6) is 0 Å². The first-order chi connectivity index (χ1) is 4.74. The summed E-state index contributed by atoms with van der Waals surface area (Å²) >= 11 is 3.03. The largest absolute Gasteiger partial charge is 0.207 e. The van der Waals surface area contributed by atoms with Crippen molar-refractivity contribution in [2.45, 2.75) is 0 Å². The van der Waals surface area contributed by atoms with Crippen LogP contribution in [-0.2, 0) is 0 Å². The van der Waals surface area contributed by atoms with Crippen LogP contribution in [0.2, 0.25) is 0 Å². The molecule has 0 aliphatic heterocycles. The van der Waals surface area contributed by atoms with E-state index in [1.54, 1.807) is 0 Å². The first-order valence-electron chi connectivity index (χ1n) is 2.52.